The van der Waals surface area contributed by atoms with Crippen LogP contribution in [0.3, 0.4) is 0 Å². The Bertz CT molecular complexity index is 751. The third-order valence-corrected chi connectivity index (χ3v) is 11.5. The van der Waals surface area contributed by atoms with E-state index in [2.05, 4.69) is 20.8 Å². The van der Waals surface area contributed by atoms with E-state index in [4.69, 9.17) is 9.47 Å². The van der Waals surface area contributed by atoms with Crippen LogP contribution >= 0.6 is 0 Å². The molecule has 0 spiro atoms. The van der Waals surface area contributed by atoms with Gasteiger partial charge < -0.3 is 24.8 Å². The highest BCUT2D eigenvalue weighted by molar-refractivity contribution is 5.69. The predicted octanol–water partition coefficient (Wildman–Crippen LogP) is 4.04. The fraction of sp³-hybridized carbons (Fsp3) is 0.964. The monoisotopic (exact) mass is 478 g/mol. The highest BCUT2D eigenvalue weighted by atomic mass is 16.7. The Morgan fingerprint density at radius 2 is 1.85 bits per heavy atom. The van der Waals surface area contributed by atoms with E-state index in [1.807, 2.05) is 0 Å². The Kier molecular flexibility index (Phi) is 6.84. The molecule has 12 atom stereocenters. The minimum atomic E-state index is -0.387. The van der Waals surface area contributed by atoms with E-state index in [0.717, 1.165) is 64.2 Å². The Hall–Kier alpha value is -0.690. The van der Waals surface area contributed by atoms with Crippen LogP contribution in [0.15, 0.2) is 0 Å². The molecule has 5 fully saturated rings. The van der Waals surface area contributed by atoms with Crippen LogP contribution in [0.5, 0.6) is 0 Å². The number of carbonyl (C=O) groups is 1. The summed E-state index contributed by atoms with van der Waals surface area (Å²) < 4.78 is 10.9. The summed E-state index contributed by atoms with van der Waals surface area (Å²) in [5, 5.41) is 33.3. The van der Waals surface area contributed by atoms with E-state index in [1.165, 1.54) is 0 Å². The summed E-state index contributed by atoms with van der Waals surface area (Å²) in [6.07, 6.45) is 7.80. The number of carbonyl (C=O) groups excluding carboxylic acids is 1. The maximum absolute atomic E-state index is 12.4. The first kappa shape index (κ1) is 25.0. The molecular formula is C28H46O6. The van der Waals surface area contributed by atoms with Gasteiger partial charge in [0.2, 0.25) is 6.29 Å². The molecule has 3 N–H and O–H groups in total. The third-order valence-electron chi connectivity index (χ3n) is 11.5. The molecule has 1 aliphatic heterocycles. The van der Waals surface area contributed by atoms with Crippen LogP contribution in [0, 0.1) is 46.3 Å². The number of aliphatic hydroxyl groups excluding tert-OH is 3. The zero-order valence-electron chi connectivity index (χ0n) is 21.3. The number of hydrogen-bond acceptors (Lipinski definition) is 6. The van der Waals surface area contributed by atoms with E-state index in [0.29, 0.717) is 42.6 Å². The van der Waals surface area contributed by atoms with Gasteiger partial charge in [0, 0.05) is 12.8 Å². The summed E-state index contributed by atoms with van der Waals surface area (Å²) in [7, 11) is 0. The average Bonchev–Trinajstić information content (AvgIpc) is 3.42. The van der Waals surface area contributed by atoms with Gasteiger partial charge in [-0.25, -0.2) is 0 Å². The van der Waals surface area contributed by atoms with Crippen molar-refractivity contribution in [2.24, 2.45) is 46.3 Å². The topological polar surface area (TPSA) is 96.2 Å². The minimum absolute atomic E-state index is 0.0984. The number of esters is 1. The molecule has 5 rings (SSSR count). The maximum atomic E-state index is 12.4. The molecule has 1 saturated heterocycles. The average molecular weight is 479 g/mol. The molecule has 34 heavy (non-hydrogen) atoms. The summed E-state index contributed by atoms with van der Waals surface area (Å²) in [4.78, 5) is 12.4. The van der Waals surface area contributed by atoms with Gasteiger partial charge in [-0.05, 0) is 104 Å². The van der Waals surface area contributed by atoms with Crippen molar-refractivity contribution in [2.45, 2.75) is 116 Å². The fourth-order valence-electron chi connectivity index (χ4n) is 9.52. The first-order valence-electron chi connectivity index (χ1n) is 14.0. The van der Waals surface area contributed by atoms with Crippen LogP contribution < -0.4 is 0 Å². The van der Waals surface area contributed by atoms with Crippen LogP contribution in [-0.2, 0) is 14.3 Å². The molecule has 4 aliphatic carbocycles. The van der Waals surface area contributed by atoms with Crippen molar-refractivity contribution in [3.8, 4) is 0 Å². The number of aliphatic hydroxyl groups is 3. The van der Waals surface area contributed by atoms with E-state index < -0.39 is 0 Å². The minimum Gasteiger partial charge on any atom is -0.436 e. The lowest BCUT2D eigenvalue weighted by atomic mass is 9.43. The zero-order valence-corrected chi connectivity index (χ0v) is 21.3. The van der Waals surface area contributed by atoms with Crippen LogP contribution in [0.25, 0.3) is 0 Å². The molecular weight excluding hydrogens is 432 g/mol. The van der Waals surface area contributed by atoms with Crippen LogP contribution in [-0.4, -0.2) is 52.5 Å². The molecule has 194 valence electrons. The van der Waals surface area contributed by atoms with Gasteiger partial charge in [0.15, 0.2) is 0 Å². The lowest BCUT2D eigenvalue weighted by Crippen LogP contribution is -2.62. The summed E-state index contributed by atoms with van der Waals surface area (Å²) in [6.45, 7) is 7.54. The maximum Gasteiger partial charge on any atom is 0.308 e. The SMILES string of the molecule is C[C@H](CCC(=O)OC1CCCO1)[C@H]1CC[C@H]2[C@@H]3[C@H](O)C[C@@H]4C[C@H](O)CC[C@]4(C)[C@H]3C[C@H](O)[C@]12C. The molecule has 0 aromatic carbocycles. The fourth-order valence-corrected chi connectivity index (χ4v) is 9.52. The predicted molar refractivity (Wildman–Crippen MR) is 127 cm³/mol. The van der Waals surface area contributed by atoms with Crippen LogP contribution in [0.2, 0.25) is 0 Å². The van der Waals surface area contributed by atoms with Crippen molar-refractivity contribution in [3.05, 3.63) is 0 Å². The molecule has 0 bridgehead atoms. The van der Waals surface area contributed by atoms with Gasteiger partial charge in [0.25, 0.3) is 0 Å². The Labute approximate surface area is 204 Å². The van der Waals surface area contributed by atoms with Crippen molar-refractivity contribution >= 4 is 5.97 Å². The van der Waals surface area contributed by atoms with E-state index in [1.54, 1.807) is 0 Å². The van der Waals surface area contributed by atoms with Gasteiger partial charge in [-0.2, -0.15) is 0 Å². The van der Waals surface area contributed by atoms with Gasteiger partial charge in [0.05, 0.1) is 24.9 Å². The van der Waals surface area contributed by atoms with Gasteiger partial charge in [-0.15, -0.1) is 0 Å². The van der Waals surface area contributed by atoms with Crippen molar-refractivity contribution in [1.82, 2.24) is 0 Å². The Morgan fingerprint density at radius 1 is 1.06 bits per heavy atom. The van der Waals surface area contributed by atoms with Gasteiger partial charge in [0.1, 0.15) is 0 Å². The summed E-state index contributed by atoms with van der Waals surface area (Å²) in [5.41, 5.74) is -0.126. The summed E-state index contributed by atoms with van der Waals surface area (Å²) in [6, 6.07) is 0. The molecule has 0 aromatic rings. The number of fused-ring (bicyclic) bond motifs is 5. The third kappa shape index (κ3) is 4.05. The standard InChI is InChI=1S/C28H46O6/c1-16(6-9-24(32)34-25-5-4-12-33-25)19-7-8-20-26-21(15-23(31)28(19,20)3)27(2)11-10-18(29)13-17(27)14-22(26)30/h16-23,25-26,29-31H,4-15H2,1-3H3/t16-,17+,18-,19-,20+,21+,22-,23+,25?,26+,27+,28-/m1/s1. The molecule has 6 nitrogen and oxygen atoms in total. The molecule has 1 heterocycles. The highest BCUT2D eigenvalue weighted by Crippen LogP contribution is 2.68. The first-order chi connectivity index (χ1) is 16.1. The molecule has 0 amide bonds. The Morgan fingerprint density at radius 3 is 2.59 bits per heavy atom. The molecule has 0 radical (unpaired) electrons. The largest absolute Gasteiger partial charge is 0.436 e. The number of ether oxygens (including phenoxy) is 2. The summed E-state index contributed by atoms with van der Waals surface area (Å²) >= 11 is 0. The van der Waals surface area contributed by atoms with Crippen molar-refractivity contribution in [3.63, 3.8) is 0 Å². The van der Waals surface area contributed by atoms with Crippen molar-refractivity contribution in [1.29, 1.82) is 0 Å². The highest BCUT2D eigenvalue weighted by Gasteiger charge is 2.65. The van der Waals surface area contributed by atoms with Gasteiger partial charge in [-0.1, -0.05) is 20.8 Å². The van der Waals surface area contributed by atoms with Gasteiger partial charge >= 0.3 is 5.97 Å². The lowest BCUT2D eigenvalue weighted by molar-refractivity contribution is -0.207. The molecule has 1 unspecified atom stereocenters. The second-order valence-electron chi connectivity index (χ2n) is 13.0. The second kappa shape index (κ2) is 9.32. The second-order valence-corrected chi connectivity index (χ2v) is 13.0. The quantitative estimate of drug-likeness (QED) is 0.516. The van der Waals surface area contributed by atoms with E-state index >= 15 is 0 Å². The molecule has 0 aromatic heterocycles. The number of rotatable bonds is 5. The zero-order chi connectivity index (χ0) is 24.3. The lowest BCUT2D eigenvalue weighted by Gasteiger charge is -2.63. The van der Waals surface area contributed by atoms with Crippen molar-refractivity contribution in [2.75, 3.05) is 6.61 Å². The smallest absolute Gasteiger partial charge is 0.308 e. The normalized spacial score (nSPS) is 51.3. The van der Waals surface area contributed by atoms with Crippen molar-refractivity contribution < 1.29 is 29.6 Å². The van der Waals surface area contributed by atoms with Crippen LogP contribution in [0.1, 0.15) is 91.4 Å². The Balaban J connectivity index is 1.28. The molecule has 5 aliphatic rings. The number of hydrogen-bond donors (Lipinski definition) is 3. The van der Waals surface area contributed by atoms with Gasteiger partial charge in [-0.3, -0.25) is 4.79 Å². The molecule has 4 saturated carbocycles. The summed E-state index contributed by atoms with van der Waals surface area (Å²) in [5.74, 6) is 1.68. The first-order valence-corrected chi connectivity index (χ1v) is 14.0. The molecule has 6 heteroatoms. The van der Waals surface area contributed by atoms with E-state index in [-0.39, 0.29) is 47.3 Å². The van der Waals surface area contributed by atoms with Crippen LogP contribution in [0.4, 0.5) is 0 Å². The van der Waals surface area contributed by atoms with E-state index in [9.17, 15) is 20.1 Å².